The summed E-state index contributed by atoms with van der Waals surface area (Å²) in [6.07, 6.45) is 0.600. The number of hydrazine groups is 1. The van der Waals surface area contributed by atoms with E-state index < -0.39 is 28.0 Å². The van der Waals surface area contributed by atoms with Gasteiger partial charge in [0.1, 0.15) is 6.04 Å². The van der Waals surface area contributed by atoms with Crippen LogP contribution in [0.4, 0.5) is 0 Å². The second-order valence-corrected chi connectivity index (χ2v) is 11.8. The Kier molecular flexibility index (Phi) is 7.05. The summed E-state index contributed by atoms with van der Waals surface area (Å²) >= 11 is 0. The van der Waals surface area contributed by atoms with Crippen molar-refractivity contribution < 1.29 is 18.0 Å². The topological polar surface area (TPSA) is 111 Å². The number of aryl methyl sites for hydroxylation is 2. The highest BCUT2D eigenvalue weighted by Gasteiger charge is 2.46. The van der Waals surface area contributed by atoms with Gasteiger partial charge in [0.05, 0.1) is 10.9 Å². The number of rotatable bonds is 8. The number of aromatic amines is 1. The van der Waals surface area contributed by atoms with E-state index in [0.717, 1.165) is 33.3 Å². The average molecular weight is 545 g/mol. The number of amides is 2. The second-order valence-electron chi connectivity index (χ2n) is 10.1. The molecular formula is C30H32N4O4S. The number of aromatic nitrogens is 1. The predicted octanol–water partition coefficient (Wildman–Crippen LogP) is 4.75. The summed E-state index contributed by atoms with van der Waals surface area (Å²) < 4.78 is 25.8. The molecule has 9 heteroatoms. The molecule has 8 nitrogen and oxygen atoms in total. The molecule has 4 aromatic rings. The normalized spacial score (nSPS) is 16.8. The minimum absolute atomic E-state index is 0.0328. The van der Waals surface area contributed by atoms with E-state index in [1.165, 1.54) is 12.1 Å². The molecule has 3 unspecified atom stereocenters. The fourth-order valence-electron chi connectivity index (χ4n) is 5.42. The molecule has 0 aliphatic carbocycles. The summed E-state index contributed by atoms with van der Waals surface area (Å²) in [6.45, 7) is 7.67. The second kappa shape index (κ2) is 10.3. The van der Waals surface area contributed by atoms with Crippen LogP contribution in [0.1, 0.15) is 59.1 Å². The first-order chi connectivity index (χ1) is 18.6. The van der Waals surface area contributed by atoms with E-state index in [4.69, 9.17) is 0 Å². The Bertz CT molecular complexity index is 1660. The molecule has 3 N–H and O–H groups in total. The quantitative estimate of drug-likeness (QED) is 0.278. The third-order valence-corrected chi connectivity index (χ3v) is 8.87. The molecule has 3 atom stereocenters. The Morgan fingerprint density at radius 3 is 2.38 bits per heavy atom. The van der Waals surface area contributed by atoms with Gasteiger partial charge < -0.3 is 9.88 Å². The van der Waals surface area contributed by atoms with Crippen LogP contribution in [0.2, 0.25) is 0 Å². The Balaban J connectivity index is 1.56. The number of hydrogen-bond donors (Lipinski definition) is 3. The lowest BCUT2D eigenvalue weighted by atomic mass is 9.91. The monoisotopic (exact) mass is 544 g/mol. The number of H-pyrrole nitrogens is 1. The number of nitrogens with one attached hydrogen (secondary N) is 3. The summed E-state index contributed by atoms with van der Waals surface area (Å²) in [5.74, 6) is -1.12. The molecule has 2 amide bonds. The molecule has 0 saturated carbocycles. The molecule has 1 aromatic heterocycles. The van der Waals surface area contributed by atoms with Gasteiger partial charge in [0.25, 0.3) is 21.8 Å². The zero-order valence-corrected chi connectivity index (χ0v) is 23.2. The number of hydrogen-bond acceptors (Lipinski definition) is 4. The molecule has 0 spiro atoms. The molecule has 1 aliphatic rings. The van der Waals surface area contributed by atoms with Crippen LogP contribution in [0.3, 0.4) is 0 Å². The van der Waals surface area contributed by atoms with Gasteiger partial charge in [0, 0.05) is 27.7 Å². The highest BCUT2D eigenvalue weighted by atomic mass is 32.2. The fraction of sp³-hybridized carbons (Fsp3) is 0.267. The SMILES string of the molecule is CCC(C)C(C(=O)NNS(=O)(=O)c1ccc(C)cc1)N1C(=O)c2ccccc2C1c1c(C)[nH]c2ccccc12. The maximum Gasteiger partial charge on any atom is 0.258 e. The number of nitrogens with zero attached hydrogens (tertiary/aromatic N) is 1. The molecule has 202 valence electrons. The molecule has 1 aliphatic heterocycles. The lowest BCUT2D eigenvalue weighted by molar-refractivity contribution is -0.128. The van der Waals surface area contributed by atoms with Crippen molar-refractivity contribution in [2.24, 2.45) is 5.92 Å². The molecule has 5 rings (SSSR count). The fourth-order valence-corrected chi connectivity index (χ4v) is 6.27. The van der Waals surface area contributed by atoms with Crippen LogP contribution >= 0.6 is 0 Å². The Morgan fingerprint density at radius 2 is 1.67 bits per heavy atom. The van der Waals surface area contributed by atoms with Gasteiger partial charge in [-0.05, 0) is 49.6 Å². The number of fused-ring (bicyclic) bond motifs is 2. The first-order valence-corrected chi connectivity index (χ1v) is 14.5. The van der Waals surface area contributed by atoms with E-state index in [2.05, 4.69) is 15.2 Å². The third kappa shape index (κ3) is 4.72. The molecule has 0 fully saturated rings. The van der Waals surface area contributed by atoms with Crippen LogP contribution in [0.25, 0.3) is 10.9 Å². The number of sulfonamides is 1. The molecule has 3 aromatic carbocycles. The summed E-state index contributed by atoms with van der Waals surface area (Å²) in [4.78, 5) is 35.1. The van der Waals surface area contributed by atoms with Gasteiger partial charge in [-0.25, -0.2) is 8.42 Å². The number of para-hydroxylation sites is 1. The molecular weight excluding hydrogens is 512 g/mol. The van der Waals surface area contributed by atoms with Crippen molar-refractivity contribution >= 4 is 32.7 Å². The Morgan fingerprint density at radius 1 is 1.00 bits per heavy atom. The zero-order valence-electron chi connectivity index (χ0n) is 22.4. The molecule has 39 heavy (non-hydrogen) atoms. The third-order valence-electron chi connectivity index (χ3n) is 7.61. The average Bonchev–Trinajstić information content (AvgIpc) is 3.40. The van der Waals surface area contributed by atoms with Gasteiger partial charge in [-0.1, -0.05) is 74.4 Å². The maximum absolute atomic E-state index is 14.0. The minimum atomic E-state index is -4.01. The first kappa shape index (κ1) is 26.6. The van der Waals surface area contributed by atoms with E-state index >= 15 is 0 Å². The lowest BCUT2D eigenvalue weighted by Crippen LogP contribution is -2.55. The van der Waals surface area contributed by atoms with Crippen LogP contribution in [-0.4, -0.2) is 36.2 Å². The van der Waals surface area contributed by atoms with Crippen molar-refractivity contribution in [2.75, 3.05) is 0 Å². The van der Waals surface area contributed by atoms with Gasteiger partial charge in [0.15, 0.2) is 0 Å². The van der Waals surface area contributed by atoms with E-state index in [9.17, 15) is 18.0 Å². The highest BCUT2D eigenvalue weighted by Crippen LogP contribution is 2.44. The molecule has 0 saturated heterocycles. The van der Waals surface area contributed by atoms with E-state index in [-0.39, 0.29) is 16.7 Å². The van der Waals surface area contributed by atoms with Crippen LogP contribution < -0.4 is 10.3 Å². The zero-order chi connectivity index (χ0) is 27.9. The van der Waals surface area contributed by atoms with Crippen LogP contribution in [0.15, 0.2) is 77.7 Å². The maximum atomic E-state index is 14.0. The predicted molar refractivity (Wildman–Crippen MR) is 150 cm³/mol. The van der Waals surface area contributed by atoms with Gasteiger partial charge in [-0.15, -0.1) is 4.83 Å². The van der Waals surface area contributed by atoms with Crippen molar-refractivity contribution in [2.45, 2.75) is 51.1 Å². The van der Waals surface area contributed by atoms with Gasteiger partial charge in [-0.3, -0.25) is 15.0 Å². The van der Waals surface area contributed by atoms with Gasteiger partial charge >= 0.3 is 0 Å². The molecule has 0 bridgehead atoms. The minimum Gasteiger partial charge on any atom is -0.358 e. The van der Waals surface area contributed by atoms with Crippen molar-refractivity contribution in [1.29, 1.82) is 0 Å². The largest absolute Gasteiger partial charge is 0.358 e. The molecule has 2 heterocycles. The Labute approximate surface area is 228 Å². The Hall–Kier alpha value is -3.95. The summed E-state index contributed by atoms with van der Waals surface area (Å²) in [7, 11) is -4.01. The number of carbonyl (C=O) groups excluding carboxylic acids is 2. The van der Waals surface area contributed by atoms with E-state index in [1.54, 1.807) is 23.1 Å². The summed E-state index contributed by atoms with van der Waals surface area (Å²) in [5, 5.41) is 0.970. The van der Waals surface area contributed by atoms with Crippen LogP contribution in [0, 0.1) is 19.8 Å². The van der Waals surface area contributed by atoms with Gasteiger partial charge in [-0.2, -0.15) is 0 Å². The highest BCUT2D eigenvalue weighted by molar-refractivity contribution is 7.89. The van der Waals surface area contributed by atoms with Crippen LogP contribution in [0.5, 0.6) is 0 Å². The summed E-state index contributed by atoms with van der Waals surface area (Å²) in [6, 6.07) is 20.2. The number of benzene rings is 3. The molecule has 0 radical (unpaired) electrons. The van der Waals surface area contributed by atoms with Crippen molar-refractivity contribution in [3.63, 3.8) is 0 Å². The first-order valence-electron chi connectivity index (χ1n) is 13.0. The lowest BCUT2D eigenvalue weighted by Gasteiger charge is -2.36. The smallest absolute Gasteiger partial charge is 0.258 e. The van der Waals surface area contributed by atoms with Crippen molar-refractivity contribution in [3.05, 3.63) is 101 Å². The van der Waals surface area contributed by atoms with Crippen molar-refractivity contribution in [1.82, 2.24) is 20.1 Å². The van der Waals surface area contributed by atoms with Gasteiger partial charge in [0.2, 0.25) is 0 Å². The van der Waals surface area contributed by atoms with E-state index in [0.29, 0.717) is 12.0 Å². The summed E-state index contributed by atoms with van der Waals surface area (Å²) in [5.41, 5.74) is 7.45. The van der Waals surface area contributed by atoms with Crippen LogP contribution in [-0.2, 0) is 14.8 Å². The standard InChI is InChI=1S/C30H32N4O4S/c1-5-19(3)27(29(35)32-33-39(37,38)21-16-14-18(2)15-17-21)34-28(22-10-6-7-11-23(22)30(34)36)26-20(4)31-25-13-9-8-12-24(25)26/h6-17,19,27-28,31,33H,5H2,1-4H3,(H,32,35). The number of carbonyl (C=O) groups is 2. The van der Waals surface area contributed by atoms with E-state index in [1.807, 2.05) is 70.2 Å². The van der Waals surface area contributed by atoms with Crippen molar-refractivity contribution in [3.8, 4) is 0 Å².